The molecule has 1 rings (SSSR count). The minimum atomic E-state index is 0.308. The van der Waals surface area contributed by atoms with Crippen molar-refractivity contribution in [3.63, 3.8) is 0 Å². The van der Waals surface area contributed by atoms with Crippen LogP contribution in [0.4, 0.5) is 0 Å². The molecule has 10 heavy (non-hydrogen) atoms. The van der Waals surface area contributed by atoms with Gasteiger partial charge < -0.3 is 11.5 Å². The zero-order valence-electron chi connectivity index (χ0n) is 5.36. The molecule has 56 valence electrons. The molecule has 0 spiro atoms. The van der Waals surface area contributed by atoms with E-state index in [9.17, 15) is 0 Å². The van der Waals surface area contributed by atoms with Crippen molar-refractivity contribution in [3.05, 3.63) is 24.0 Å². The second-order valence-corrected chi connectivity index (χ2v) is 1.93. The Kier molecular flexibility index (Phi) is 1.40. The summed E-state index contributed by atoms with van der Waals surface area (Å²) >= 11 is 0. The van der Waals surface area contributed by atoms with Gasteiger partial charge in [-0.3, -0.25) is 5.01 Å². The van der Waals surface area contributed by atoms with Gasteiger partial charge in [-0.1, -0.05) is 0 Å². The summed E-state index contributed by atoms with van der Waals surface area (Å²) in [5, 5.41) is 2.39. The average molecular weight is 142 g/mol. The number of rotatable bonds is 0. The molecule has 1 aliphatic heterocycles. The van der Waals surface area contributed by atoms with Crippen molar-refractivity contribution in [2.45, 2.75) is 0 Å². The van der Waals surface area contributed by atoms with Crippen LogP contribution >= 0.6 is 0 Å². The van der Waals surface area contributed by atoms with E-state index in [-0.39, 0.29) is 0 Å². The van der Waals surface area contributed by atoms with Gasteiger partial charge in [0.05, 0.1) is 12.4 Å². The molecule has 8 N–H and O–H groups in total. The molecular weight excluding hydrogens is 132 g/mol. The minimum absolute atomic E-state index is 0.308. The lowest BCUT2D eigenvalue weighted by atomic mass is 10.5. The highest BCUT2D eigenvalue weighted by molar-refractivity contribution is 5.11. The minimum Gasteiger partial charge on any atom is -0.383 e. The van der Waals surface area contributed by atoms with Gasteiger partial charge in [0.1, 0.15) is 11.6 Å². The highest BCUT2D eigenvalue weighted by atomic mass is 15.5. The highest BCUT2D eigenvalue weighted by Gasteiger charge is 2.10. The molecule has 0 fully saturated rings. The molecule has 0 amide bonds. The lowest BCUT2D eigenvalue weighted by Gasteiger charge is -2.25. The lowest BCUT2D eigenvalue weighted by Crippen LogP contribution is -2.42. The van der Waals surface area contributed by atoms with Crippen LogP contribution in [0.3, 0.4) is 0 Å². The van der Waals surface area contributed by atoms with Crippen molar-refractivity contribution in [2.75, 3.05) is 0 Å². The molecule has 0 aromatic heterocycles. The van der Waals surface area contributed by atoms with E-state index < -0.39 is 0 Å². The number of hydrogen-bond acceptors (Lipinski definition) is 6. The van der Waals surface area contributed by atoms with Crippen molar-refractivity contribution in [2.24, 2.45) is 23.2 Å². The van der Waals surface area contributed by atoms with Crippen LogP contribution in [-0.4, -0.2) is 10.0 Å². The third kappa shape index (κ3) is 0.971. The first-order valence-corrected chi connectivity index (χ1v) is 2.63. The number of hydrogen-bond donors (Lipinski definition) is 4. The molecule has 0 unspecified atom stereocenters. The molecule has 0 saturated carbocycles. The highest BCUT2D eigenvalue weighted by Crippen LogP contribution is 2.04. The van der Waals surface area contributed by atoms with Crippen molar-refractivity contribution < 1.29 is 0 Å². The first-order chi connectivity index (χ1) is 4.61. The van der Waals surface area contributed by atoms with Crippen molar-refractivity contribution in [3.8, 4) is 0 Å². The zero-order valence-corrected chi connectivity index (χ0v) is 5.36. The largest absolute Gasteiger partial charge is 0.383 e. The molecule has 6 nitrogen and oxygen atoms in total. The average Bonchev–Trinajstić information content (AvgIpc) is 1.82. The van der Waals surface area contributed by atoms with Crippen molar-refractivity contribution >= 4 is 0 Å². The molecule has 0 bridgehead atoms. The van der Waals surface area contributed by atoms with Crippen LogP contribution in [0, 0.1) is 0 Å². The summed E-state index contributed by atoms with van der Waals surface area (Å²) in [6.45, 7) is 0. The van der Waals surface area contributed by atoms with E-state index in [0.29, 0.717) is 11.6 Å². The summed E-state index contributed by atoms with van der Waals surface area (Å²) in [5.41, 5.74) is 10.8. The zero-order chi connectivity index (χ0) is 7.72. The van der Waals surface area contributed by atoms with Gasteiger partial charge in [-0.2, -0.15) is 0 Å². The van der Waals surface area contributed by atoms with E-state index in [1.54, 1.807) is 0 Å². The summed E-state index contributed by atoms with van der Waals surface area (Å²) < 4.78 is 0. The van der Waals surface area contributed by atoms with Crippen LogP contribution < -0.4 is 23.2 Å². The van der Waals surface area contributed by atoms with Crippen LogP contribution in [0.25, 0.3) is 0 Å². The summed E-state index contributed by atoms with van der Waals surface area (Å²) in [5.74, 6) is 11.3. The second kappa shape index (κ2) is 2.09. The quantitative estimate of drug-likeness (QED) is 0.287. The Morgan fingerprint density at radius 3 is 1.80 bits per heavy atom. The van der Waals surface area contributed by atoms with Crippen LogP contribution in [0.2, 0.25) is 0 Å². The predicted octanol–water partition coefficient (Wildman–Crippen LogP) is -2.13. The Morgan fingerprint density at radius 2 is 1.40 bits per heavy atom. The Hall–Kier alpha value is -1.40. The monoisotopic (exact) mass is 142 g/mol. The van der Waals surface area contributed by atoms with Gasteiger partial charge in [0.15, 0.2) is 0 Å². The summed E-state index contributed by atoms with van der Waals surface area (Å²) in [7, 11) is 0. The van der Waals surface area contributed by atoms with Crippen LogP contribution in [0.1, 0.15) is 0 Å². The van der Waals surface area contributed by atoms with E-state index in [4.69, 9.17) is 23.2 Å². The summed E-state index contributed by atoms with van der Waals surface area (Å²) in [6.07, 6.45) is 2.91. The van der Waals surface area contributed by atoms with Gasteiger partial charge >= 0.3 is 0 Å². The van der Waals surface area contributed by atoms with Crippen LogP contribution in [0.15, 0.2) is 24.0 Å². The van der Waals surface area contributed by atoms with Crippen LogP contribution in [-0.2, 0) is 0 Å². The molecule has 0 aliphatic carbocycles. The van der Waals surface area contributed by atoms with Gasteiger partial charge in [-0.25, -0.2) is 16.7 Å². The van der Waals surface area contributed by atoms with E-state index in [0.717, 1.165) is 5.01 Å². The fourth-order valence-electron chi connectivity index (χ4n) is 0.616. The fraction of sp³-hybridized carbons (Fsp3) is 0. The molecule has 0 aromatic rings. The van der Waals surface area contributed by atoms with E-state index in [1.807, 2.05) is 0 Å². The second-order valence-electron chi connectivity index (χ2n) is 1.93. The number of nitrogens with two attached hydrogens (primary N) is 4. The van der Waals surface area contributed by atoms with Crippen LogP contribution in [0.5, 0.6) is 0 Å². The first-order valence-electron chi connectivity index (χ1n) is 2.63. The number of hydrazine groups is 2. The van der Waals surface area contributed by atoms with Gasteiger partial charge in [-0.05, 0) is 0 Å². The molecule has 0 aromatic carbocycles. The van der Waals surface area contributed by atoms with E-state index in [2.05, 4.69) is 0 Å². The summed E-state index contributed by atoms with van der Waals surface area (Å²) in [6, 6.07) is 0. The lowest BCUT2D eigenvalue weighted by molar-refractivity contribution is 0.370. The van der Waals surface area contributed by atoms with Crippen molar-refractivity contribution in [1.82, 2.24) is 10.0 Å². The Bertz CT molecular complexity index is 174. The predicted molar refractivity (Wildman–Crippen MR) is 36.6 cm³/mol. The molecule has 1 heterocycles. The molecular formula is C4H10N6. The van der Waals surface area contributed by atoms with Gasteiger partial charge in [-0.15, -0.1) is 0 Å². The van der Waals surface area contributed by atoms with Gasteiger partial charge in [0.2, 0.25) is 0 Å². The SMILES string of the molecule is NC1=CN(N)C=C(N)N1N. The Morgan fingerprint density at radius 1 is 1.00 bits per heavy atom. The van der Waals surface area contributed by atoms with Gasteiger partial charge in [0, 0.05) is 0 Å². The summed E-state index contributed by atoms with van der Waals surface area (Å²) in [4.78, 5) is 0. The number of nitrogens with zero attached hydrogens (tertiary/aromatic N) is 2. The van der Waals surface area contributed by atoms with Crippen molar-refractivity contribution in [1.29, 1.82) is 0 Å². The molecule has 1 aliphatic rings. The third-order valence-corrected chi connectivity index (χ3v) is 1.12. The van der Waals surface area contributed by atoms with E-state index in [1.165, 1.54) is 17.4 Å². The Balaban J connectivity index is 2.83. The normalized spacial score (nSPS) is 18.6. The first kappa shape index (κ1) is 6.72. The molecule has 0 radical (unpaired) electrons. The van der Waals surface area contributed by atoms with E-state index >= 15 is 0 Å². The van der Waals surface area contributed by atoms with Gasteiger partial charge in [0.25, 0.3) is 0 Å². The maximum atomic E-state index is 5.38. The molecule has 6 heteroatoms. The Labute approximate surface area is 58.3 Å². The third-order valence-electron chi connectivity index (χ3n) is 1.12. The molecule has 0 saturated heterocycles. The fourth-order valence-corrected chi connectivity index (χ4v) is 0.616. The smallest absolute Gasteiger partial charge is 0.137 e. The maximum absolute atomic E-state index is 5.38. The molecule has 0 atom stereocenters. The topological polar surface area (TPSA) is 111 Å². The standard InChI is InChI=1S/C4H10N6/c5-3-1-9(7)2-4(6)10(3)8/h1-2H,5-8H2. The maximum Gasteiger partial charge on any atom is 0.137 e.